The van der Waals surface area contributed by atoms with Crippen LogP contribution >= 0.6 is 11.3 Å². The van der Waals surface area contributed by atoms with E-state index < -0.39 is 11.5 Å². The first-order valence-corrected chi connectivity index (χ1v) is 8.93. The van der Waals surface area contributed by atoms with Gasteiger partial charge in [0.05, 0.1) is 5.39 Å². The minimum atomic E-state index is -1.41. The van der Waals surface area contributed by atoms with E-state index in [1.807, 2.05) is 44.2 Å². The number of carboxylic acid groups (broad SMARTS) is 1. The molecule has 130 valence electrons. The van der Waals surface area contributed by atoms with Crippen LogP contribution in [0.25, 0.3) is 21.6 Å². The smallest absolute Gasteiger partial charge is 0.329 e. The van der Waals surface area contributed by atoms with Crippen LogP contribution < -0.4 is 5.56 Å². The van der Waals surface area contributed by atoms with Crippen LogP contribution in [0, 0.1) is 6.92 Å². The summed E-state index contributed by atoms with van der Waals surface area (Å²) in [5, 5.41) is 10.2. The molecule has 6 heteroatoms. The highest BCUT2D eigenvalue weighted by molar-refractivity contribution is 7.18. The van der Waals surface area contributed by atoms with E-state index in [1.54, 1.807) is 0 Å². The van der Waals surface area contributed by atoms with Crippen molar-refractivity contribution in [1.82, 2.24) is 9.55 Å². The lowest BCUT2D eigenvalue weighted by molar-refractivity contribution is -0.145. The molecule has 0 aliphatic rings. The van der Waals surface area contributed by atoms with E-state index in [0.717, 1.165) is 22.4 Å². The van der Waals surface area contributed by atoms with Crippen molar-refractivity contribution in [3.05, 3.63) is 51.1 Å². The Morgan fingerprint density at radius 3 is 2.48 bits per heavy atom. The number of benzene rings is 1. The predicted molar refractivity (Wildman–Crippen MR) is 100 cm³/mol. The maximum absolute atomic E-state index is 13.1. The van der Waals surface area contributed by atoms with Gasteiger partial charge >= 0.3 is 5.97 Å². The second-order valence-corrected chi connectivity index (χ2v) is 7.71. The second-order valence-electron chi connectivity index (χ2n) is 6.59. The molecule has 1 N–H and O–H groups in total. The van der Waals surface area contributed by atoms with E-state index in [-0.39, 0.29) is 5.56 Å². The summed E-state index contributed by atoms with van der Waals surface area (Å²) >= 11 is 1.48. The Morgan fingerprint density at radius 2 is 1.92 bits per heavy atom. The lowest BCUT2D eigenvalue weighted by atomic mass is 10.0. The molecule has 3 aromatic rings. The second kappa shape index (κ2) is 6.11. The highest BCUT2D eigenvalue weighted by atomic mass is 32.1. The predicted octanol–water partition coefficient (Wildman–Crippen LogP) is 3.82. The molecule has 2 heterocycles. The van der Waals surface area contributed by atoms with Crippen molar-refractivity contribution in [3.8, 4) is 11.4 Å². The van der Waals surface area contributed by atoms with Gasteiger partial charge in [0.15, 0.2) is 0 Å². The van der Waals surface area contributed by atoms with Crippen molar-refractivity contribution < 1.29 is 9.90 Å². The van der Waals surface area contributed by atoms with Crippen molar-refractivity contribution in [2.75, 3.05) is 0 Å². The van der Waals surface area contributed by atoms with E-state index >= 15 is 0 Å². The van der Waals surface area contributed by atoms with Crippen LogP contribution in [0.5, 0.6) is 0 Å². The number of hydrogen-bond donors (Lipinski definition) is 1. The number of carboxylic acids is 1. The maximum Gasteiger partial charge on any atom is 0.329 e. The molecule has 0 radical (unpaired) electrons. The third-order valence-corrected chi connectivity index (χ3v) is 5.53. The van der Waals surface area contributed by atoms with Crippen LogP contribution in [0.1, 0.15) is 31.2 Å². The molecule has 0 amide bonds. The van der Waals surface area contributed by atoms with Gasteiger partial charge in [-0.2, -0.15) is 0 Å². The molecule has 5 nitrogen and oxygen atoms in total. The average Bonchev–Trinajstić information content (AvgIpc) is 2.98. The summed E-state index contributed by atoms with van der Waals surface area (Å²) in [6.45, 7) is 7.04. The quantitative estimate of drug-likeness (QED) is 0.771. The fourth-order valence-corrected chi connectivity index (χ4v) is 3.67. The number of rotatable bonds is 4. The number of nitrogens with zero attached hydrogens (tertiary/aromatic N) is 2. The van der Waals surface area contributed by atoms with Crippen molar-refractivity contribution in [3.63, 3.8) is 0 Å². The third-order valence-electron chi connectivity index (χ3n) is 4.36. The number of aryl methyl sites for hydroxylation is 2. The lowest BCUT2D eigenvalue weighted by Crippen LogP contribution is -2.43. The molecule has 0 bridgehead atoms. The average molecular weight is 356 g/mol. The maximum atomic E-state index is 13.1. The normalized spacial score (nSPS) is 11.8. The molecule has 0 spiro atoms. The number of carbonyl (C=O) groups is 1. The van der Waals surface area contributed by atoms with E-state index in [4.69, 9.17) is 0 Å². The largest absolute Gasteiger partial charge is 0.480 e. The minimum Gasteiger partial charge on any atom is -0.480 e. The van der Waals surface area contributed by atoms with Crippen molar-refractivity contribution >= 4 is 27.5 Å². The Morgan fingerprint density at radius 1 is 1.28 bits per heavy atom. The number of aromatic nitrogens is 2. The van der Waals surface area contributed by atoms with Gasteiger partial charge in [-0.25, -0.2) is 9.78 Å². The van der Waals surface area contributed by atoms with Crippen molar-refractivity contribution in [1.29, 1.82) is 0 Å². The van der Waals surface area contributed by atoms with Gasteiger partial charge in [-0.15, -0.1) is 11.3 Å². The molecule has 2 aromatic heterocycles. The van der Waals surface area contributed by atoms with Gasteiger partial charge in [-0.1, -0.05) is 36.8 Å². The summed E-state index contributed by atoms with van der Waals surface area (Å²) in [5.74, 6) is -0.690. The van der Waals surface area contributed by atoms with Gasteiger partial charge in [0.2, 0.25) is 0 Å². The fraction of sp³-hybridized carbons (Fsp3) is 0.316. The van der Waals surface area contributed by atoms with Crippen molar-refractivity contribution in [2.45, 2.75) is 39.7 Å². The molecular formula is C19H20N2O3S. The van der Waals surface area contributed by atoms with Gasteiger partial charge in [0.1, 0.15) is 16.2 Å². The molecule has 25 heavy (non-hydrogen) atoms. The Hall–Kier alpha value is -2.47. The Labute approximate surface area is 149 Å². The summed E-state index contributed by atoms with van der Waals surface area (Å²) < 4.78 is 1.30. The summed E-state index contributed by atoms with van der Waals surface area (Å²) in [5.41, 5.74) is 0.0854. The standard InChI is InChI=1S/C19H20N2O3S/c1-5-13-10-14-16(25-13)20-15(12-8-6-11(2)7-9-12)21(17(14)22)19(3,4)18(23)24/h6-10H,5H2,1-4H3,(H,23,24). The van der Waals surface area contributed by atoms with Crippen molar-refractivity contribution in [2.24, 2.45) is 0 Å². The van der Waals surface area contributed by atoms with Gasteiger partial charge < -0.3 is 5.11 Å². The molecule has 0 atom stereocenters. The highest BCUT2D eigenvalue weighted by Crippen LogP contribution is 2.29. The molecule has 1 aromatic carbocycles. The molecule has 0 unspecified atom stereocenters. The molecule has 0 saturated carbocycles. The lowest BCUT2D eigenvalue weighted by Gasteiger charge is -2.25. The topological polar surface area (TPSA) is 72.2 Å². The third kappa shape index (κ3) is 2.87. The summed E-state index contributed by atoms with van der Waals surface area (Å²) in [6.07, 6.45) is 0.808. The molecule has 0 saturated heterocycles. The number of fused-ring (bicyclic) bond motifs is 1. The Balaban J connectivity index is 2.42. The van der Waals surface area contributed by atoms with Crippen LogP contribution in [0.15, 0.2) is 35.1 Å². The van der Waals surface area contributed by atoms with Crippen LogP contribution in [0.3, 0.4) is 0 Å². The first kappa shape index (κ1) is 17.4. The number of thiophene rings is 1. The molecular weight excluding hydrogens is 336 g/mol. The first-order chi connectivity index (χ1) is 11.8. The van der Waals surface area contributed by atoms with Gasteiger partial charge in [0.25, 0.3) is 5.56 Å². The summed E-state index contributed by atoms with van der Waals surface area (Å²) in [6, 6.07) is 9.41. The van der Waals surface area contributed by atoms with E-state index in [2.05, 4.69) is 4.98 Å². The van der Waals surface area contributed by atoms with Crippen LogP contribution in [-0.2, 0) is 16.8 Å². The molecule has 0 fully saturated rings. The van der Waals surface area contributed by atoms with E-state index in [0.29, 0.717) is 16.0 Å². The van der Waals surface area contributed by atoms with Crippen LogP contribution in [0.4, 0.5) is 0 Å². The summed E-state index contributed by atoms with van der Waals surface area (Å²) in [7, 11) is 0. The Bertz CT molecular complexity index is 1010. The zero-order valence-electron chi connectivity index (χ0n) is 14.7. The van der Waals surface area contributed by atoms with Gasteiger partial charge in [-0.3, -0.25) is 9.36 Å². The monoisotopic (exact) mass is 356 g/mol. The fourth-order valence-electron chi connectivity index (χ4n) is 2.72. The molecule has 0 aliphatic carbocycles. The van der Waals surface area contributed by atoms with Gasteiger partial charge in [-0.05, 0) is 33.3 Å². The van der Waals surface area contributed by atoms with Crippen LogP contribution in [0.2, 0.25) is 0 Å². The number of aliphatic carboxylic acids is 1. The molecule has 0 aliphatic heterocycles. The highest BCUT2D eigenvalue weighted by Gasteiger charge is 2.34. The summed E-state index contributed by atoms with van der Waals surface area (Å²) in [4.78, 5) is 31.3. The Kier molecular flexibility index (Phi) is 4.24. The first-order valence-electron chi connectivity index (χ1n) is 8.12. The SMILES string of the molecule is CCc1cc2c(=O)n(C(C)(C)C(=O)O)c(-c3ccc(C)cc3)nc2s1. The van der Waals surface area contributed by atoms with Crippen LogP contribution in [-0.4, -0.2) is 20.6 Å². The zero-order valence-corrected chi connectivity index (χ0v) is 15.5. The zero-order chi connectivity index (χ0) is 18.4. The van der Waals surface area contributed by atoms with E-state index in [1.165, 1.54) is 29.8 Å². The molecule has 3 rings (SSSR count). The van der Waals surface area contributed by atoms with Gasteiger partial charge in [0, 0.05) is 10.4 Å². The van der Waals surface area contributed by atoms with E-state index in [9.17, 15) is 14.7 Å². The minimum absolute atomic E-state index is 0.316. The number of hydrogen-bond acceptors (Lipinski definition) is 4.